The summed E-state index contributed by atoms with van der Waals surface area (Å²) < 4.78 is 2.16. The minimum Gasteiger partial charge on any atom is -0.370 e. The van der Waals surface area contributed by atoms with Gasteiger partial charge in [-0.2, -0.15) is 0 Å². The first kappa shape index (κ1) is 14.1. The maximum Gasteiger partial charge on any atom is 0.193 e. The topological polar surface area (TPSA) is 68.2 Å². The van der Waals surface area contributed by atoms with E-state index in [4.69, 9.17) is 5.73 Å². The van der Waals surface area contributed by atoms with Gasteiger partial charge in [-0.05, 0) is 31.2 Å². The van der Waals surface area contributed by atoms with E-state index in [1.54, 1.807) is 0 Å². The molecule has 0 atom stereocenters. The Kier molecular flexibility index (Phi) is 4.05. The lowest BCUT2D eigenvalue weighted by Gasteiger charge is -2.07. The molecule has 0 aliphatic rings. The summed E-state index contributed by atoms with van der Waals surface area (Å²) in [7, 11) is 0. The van der Waals surface area contributed by atoms with E-state index in [0.29, 0.717) is 12.5 Å². The van der Waals surface area contributed by atoms with Crippen LogP contribution in [0.25, 0.3) is 11.0 Å². The molecule has 0 aliphatic carbocycles. The predicted molar refractivity (Wildman–Crippen MR) is 91.0 cm³/mol. The van der Waals surface area contributed by atoms with E-state index in [-0.39, 0.29) is 0 Å². The summed E-state index contributed by atoms with van der Waals surface area (Å²) in [6, 6.07) is 17.9. The van der Waals surface area contributed by atoms with E-state index in [2.05, 4.69) is 25.9 Å². The number of imidazole rings is 1. The molecule has 0 aliphatic heterocycles. The van der Waals surface area contributed by atoms with Gasteiger partial charge in [-0.15, -0.1) is 0 Å². The van der Waals surface area contributed by atoms with Crippen LogP contribution in [0.2, 0.25) is 0 Å². The van der Waals surface area contributed by atoms with Gasteiger partial charge in [0.05, 0.1) is 17.6 Å². The maximum atomic E-state index is 5.91. The zero-order valence-corrected chi connectivity index (χ0v) is 12.5. The van der Waals surface area contributed by atoms with Crippen LogP contribution in [0.5, 0.6) is 0 Å². The smallest absolute Gasteiger partial charge is 0.193 e. The number of guanidine groups is 1. The lowest BCUT2D eigenvalue weighted by molar-refractivity contribution is 0.704. The van der Waals surface area contributed by atoms with Crippen molar-refractivity contribution >= 4 is 22.7 Å². The molecule has 0 spiro atoms. The van der Waals surface area contributed by atoms with Crippen molar-refractivity contribution in [1.29, 1.82) is 0 Å². The molecule has 3 N–H and O–H groups in total. The summed E-state index contributed by atoms with van der Waals surface area (Å²) in [5, 5.41) is 3.08. The molecule has 0 bridgehead atoms. The number of aryl methyl sites for hydroxylation is 1. The highest BCUT2D eigenvalue weighted by molar-refractivity contribution is 5.92. The molecule has 5 heteroatoms. The van der Waals surface area contributed by atoms with Gasteiger partial charge < -0.3 is 15.6 Å². The second kappa shape index (κ2) is 6.30. The molecule has 0 radical (unpaired) electrons. The van der Waals surface area contributed by atoms with Crippen LogP contribution in [0.3, 0.4) is 0 Å². The average Bonchev–Trinajstić information content (AvgIpc) is 2.84. The first-order valence-electron chi connectivity index (χ1n) is 7.28. The fraction of sp³-hybridized carbons (Fsp3) is 0.176. The van der Waals surface area contributed by atoms with Gasteiger partial charge in [0.1, 0.15) is 5.82 Å². The van der Waals surface area contributed by atoms with E-state index in [1.165, 1.54) is 0 Å². The monoisotopic (exact) mass is 293 g/mol. The Morgan fingerprint density at radius 1 is 1.14 bits per heavy atom. The average molecular weight is 293 g/mol. The number of para-hydroxylation sites is 3. The molecule has 22 heavy (non-hydrogen) atoms. The van der Waals surface area contributed by atoms with Crippen LogP contribution in [-0.4, -0.2) is 22.1 Å². The maximum absolute atomic E-state index is 5.91. The number of hydrogen-bond donors (Lipinski definition) is 2. The highest BCUT2D eigenvalue weighted by Gasteiger charge is 2.05. The summed E-state index contributed by atoms with van der Waals surface area (Å²) >= 11 is 0. The minimum absolute atomic E-state index is 0.424. The van der Waals surface area contributed by atoms with E-state index in [9.17, 15) is 0 Å². The molecule has 0 unspecified atom stereocenters. The number of aromatic nitrogens is 2. The van der Waals surface area contributed by atoms with Crippen molar-refractivity contribution in [3.8, 4) is 0 Å². The first-order chi connectivity index (χ1) is 10.7. The van der Waals surface area contributed by atoms with Gasteiger partial charge in [-0.3, -0.25) is 4.99 Å². The Hall–Kier alpha value is -2.82. The lowest BCUT2D eigenvalue weighted by Crippen LogP contribution is -2.23. The first-order valence-corrected chi connectivity index (χ1v) is 7.28. The zero-order chi connectivity index (χ0) is 15.4. The van der Waals surface area contributed by atoms with Gasteiger partial charge in [0.2, 0.25) is 0 Å². The van der Waals surface area contributed by atoms with Crippen LogP contribution in [0.15, 0.2) is 59.6 Å². The molecule has 3 rings (SSSR count). The number of benzene rings is 2. The number of hydrogen-bond acceptors (Lipinski definition) is 2. The van der Waals surface area contributed by atoms with Crippen LogP contribution < -0.4 is 11.1 Å². The largest absolute Gasteiger partial charge is 0.370 e. The quantitative estimate of drug-likeness (QED) is 0.574. The van der Waals surface area contributed by atoms with Crippen LogP contribution in [0.4, 0.5) is 5.69 Å². The second-order valence-electron chi connectivity index (χ2n) is 5.06. The van der Waals surface area contributed by atoms with Gasteiger partial charge in [-0.25, -0.2) is 4.98 Å². The third-order valence-electron chi connectivity index (χ3n) is 3.50. The highest BCUT2D eigenvalue weighted by Crippen LogP contribution is 2.15. The van der Waals surface area contributed by atoms with Crippen LogP contribution in [-0.2, 0) is 6.54 Å². The van der Waals surface area contributed by atoms with Crippen molar-refractivity contribution in [2.45, 2.75) is 13.5 Å². The van der Waals surface area contributed by atoms with Crippen LogP contribution >= 0.6 is 0 Å². The lowest BCUT2D eigenvalue weighted by atomic mass is 10.3. The Morgan fingerprint density at radius 2 is 1.86 bits per heavy atom. The molecule has 0 amide bonds. The van der Waals surface area contributed by atoms with Crippen molar-refractivity contribution in [1.82, 2.24) is 9.55 Å². The van der Waals surface area contributed by atoms with Gasteiger partial charge >= 0.3 is 0 Å². The molecular formula is C17H19N5. The molecule has 1 aromatic heterocycles. The Morgan fingerprint density at radius 3 is 2.68 bits per heavy atom. The van der Waals surface area contributed by atoms with Crippen molar-refractivity contribution < 1.29 is 0 Å². The van der Waals surface area contributed by atoms with Crippen molar-refractivity contribution in [2.24, 2.45) is 10.7 Å². The Labute approximate surface area is 129 Å². The SMILES string of the molecule is Cc1nc2ccccc2n1CCN=C(N)Nc1ccccc1. The number of aliphatic imine (C=N–C) groups is 1. The fourth-order valence-electron chi connectivity index (χ4n) is 2.46. The second-order valence-corrected chi connectivity index (χ2v) is 5.06. The van der Waals surface area contributed by atoms with Gasteiger partial charge in [0, 0.05) is 12.2 Å². The fourth-order valence-corrected chi connectivity index (χ4v) is 2.46. The molecule has 112 valence electrons. The van der Waals surface area contributed by atoms with Gasteiger partial charge in [0.15, 0.2) is 5.96 Å². The summed E-state index contributed by atoms with van der Waals surface area (Å²) in [6.45, 7) is 3.37. The molecule has 1 heterocycles. The third-order valence-corrected chi connectivity index (χ3v) is 3.50. The zero-order valence-electron chi connectivity index (χ0n) is 12.5. The molecular weight excluding hydrogens is 274 g/mol. The third kappa shape index (κ3) is 3.09. The molecule has 0 saturated carbocycles. The standard InChI is InChI=1S/C17H19N5/c1-13-20-15-9-5-6-10-16(15)22(13)12-11-19-17(18)21-14-7-3-2-4-8-14/h2-10H,11-12H2,1H3,(H3,18,19,21). The Bertz CT molecular complexity index is 789. The highest BCUT2D eigenvalue weighted by atomic mass is 15.1. The molecule has 0 fully saturated rings. The number of anilines is 1. The number of nitrogens with zero attached hydrogens (tertiary/aromatic N) is 3. The summed E-state index contributed by atoms with van der Waals surface area (Å²) in [5.41, 5.74) is 8.99. The van der Waals surface area contributed by atoms with Crippen molar-refractivity contribution in [3.63, 3.8) is 0 Å². The van der Waals surface area contributed by atoms with Crippen LogP contribution in [0.1, 0.15) is 5.82 Å². The van der Waals surface area contributed by atoms with Gasteiger partial charge in [0.25, 0.3) is 0 Å². The molecule has 3 aromatic rings. The summed E-state index contributed by atoms with van der Waals surface area (Å²) in [4.78, 5) is 8.92. The molecule has 2 aromatic carbocycles. The molecule has 0 saturated heterocycles. The number of nitrogens with two attached hydrogens (primary N) is 1. The van der Waals surface area contributed by atoms with Crippen molar-refractivity contribution in [2.75, 3.05) is 11.9 Å². The number of nitrogens with one attached hydrogen (secondary N) is 1. The Balaban J connectivity index is 1.66. The predicted octanol–water partition coefficient (Wildman–Crippen LogP) is 2.77. The summed E-state index contributed by atoms with van der Waals surface area (Å²) in [5.74, 6) is 1.42. The number of fused-ring (bicyclic) bond motifs is 1. The van der Waals surface area contributed by atoms with Gasteiger partial charge in [-0.1, -0.05) is 30.3 Å². The van der Waals surface area contributed by atoms with E-state index in [0.717, 1.165) is 29.1 Å². The normalized spacial score (nSPS) is 11.8. The number of rotatable bonds is 4. The van der Waals surface area contributed by atoms with E-state index < -0.39 is 0 Å². The minimum atomic E-state index is 0.424. The van der Waals surface area contributed by atoms with Crippen LogP contribution in [0, 0.1) is 6.92 Å². The molecule has 5 nitrogen and oxygen atoms in total. The van der Waals surface area contributed by atoms with E-state index in [1.807, 2.05) is 55.5 Å². The van der Waals surface area contributed by atoms with E-state index >= 15 is 0 Å². The van der Waals surface area contributed by atoms with Crippen molar-refractivity contribution in [3.05, 3.63) is 60.4 Å². The summed E-state index contributed by atoms with van der Waals surface area (Å²) in [6.07, 6.45) is 0.